The van der Waals surface area contributed by atoms with E-state index in [1.807, 2.05) is 35.3 Å². The Morgan fingerprint density at radius 2 is 0.963 bits per heavy atom. The molecule has 0 N–H and O–H groups in total. The van der Waals surface area contributed by atoms with Gasteiger partial charge in [0.05, 0.1) is 6.51 Å². The molecule has 0 aromatic heterocycles. The van der Waals surface area contributed by atoms with Crippen molar-refractivity contribution in [1.82, 2.24) is 0 Å². The highest BCUT2D eigenvalue weighted by Gasteiger charge is 2.20. The van der Waals surface area contributed by atoms with Crippen molar-refractivity contribution in [1.29, 1.82) is 0 Å². The molecule has 2 unspecified atom stereocenters. The zero-order valence-electron chi connectivity index (χ0n) is 13.6. The highest BCUT2D eigenvalue weighted by molar-refractivity contribution is 14.1. The molecule has 0 amide bonds. The number of hydrogen-bond donors (Lipinski definition) is 0. The lowest BCUT2D eigenvalue weighted by Gasteiger charge is -2.17. The molecule has 0 saturated heterocycles. The van der Waals surface area contributed by atoms with Crippen molar-refractivity contribution >= 4 is 216 Å². The molecule has 148 valence electrons. The normalized spacial score (nSPS) is 13.7. The quantitative estimate of drug-likeness (QED) is 0.122. The van der Waals surface area contributed by atoms with Crippen LogP contribution in [-0.2, 0) is 0 Å². The first kappa shape index (κ1) is 28.6. The maximum absolute atomic E-state index is 2.51. The van der Waals surface area contributed by atoms with Crippen LogP contribution >= 0.6 is 216 Å². The smallest absolute Gasteiger partial charge is 0.0584 e. The molecule has 0 fully saturated rings. The number of benzene rings is 2. The Bertz CT molecular complexity index is 785. The van der Waals surface area contributed by atoms with Gasteiger partial charge in [-0.3, -0.25) is 0 Å². The number of rotatable bonds is 6. The van der Waals surface area contributed by atoms with E-state index in [4.69, 9.17) is 0 Å². The van der Waals surface area contributed by atoms with Gasteiger partial charge in [-0.15, -0.1) is 23.5 Å². The van der Waals surface area contributed by atoms with Crippen LogP contribution in [0.25, 0.3) is 0 Å². The Morgan fingerprint density at radius 1 is 0.630 bits per heavy atom. The van der Waals surface area contributed by atoms with Crippen LogP contribution in [-0.4, -0.2) is 6.51 Å². The van der Waals surface area contributed by atoms with Crippen LogP contribution in [0.5, 0.6) is 0 Å². The molecule has 2 aromatic rings. The molecule has 2 rings (SSSR count). The minimum absolute atomic E-state index is 0.563. The molecule has 0 heterocycles. The standard InChI is InChI=1S/C16H10I8S3/c1-5(17)25-15-7(19)3-9(11(21)13(15)23)27-10-4-8(20)16(26-6(2)18)14(24)12(10)22/h3-6H,1-2H3. The summed E-state index contributed by atoms with van der Waals surface area (Å²) in [6.45, 7) is 4.49. The molecule has 0 nitrogen and oxygen atoms in total. The summed E-state index contributed by atoms with van der Waals surface area (Å²) >= 11 is 25.8. The van der Waals surface area contributed by atoms with Crippen LogP contribution in [0.1, 0.15) is 13.8 Å². The monoisotopic (exact) mass is 1310 g/mol. The van der Waals surface area contributed by atoms with E-state index in [0.717, 1.165) is 0 Å². The summed E-state index contributed by atoms with van der Waals surface area (Å²) < 4.78 is 9.29. The molecule has 27 heavy (non-hydrogen) atoms. The van der Waals surface area contributed by atoms with Crippen molar-refractivity contribution in [2.24, 2.45) is 0 Å². The van der Waals surface area contributed by atoms with E-state index in [-0.39, 0.29) is 0 Å². The van der Waals surface area contributed by atoms with E-state index in [1.165, 1.54) is 41.0 Å². The van der Waals surface area contributed by atoms with E-state index in [1.54, 1.807) is 0 Å². The van der Waals surface area contributed by atoms with Gasteiger partial charge in [-0.2, -0.15) is 0 Å². The SMILES string of the molecule is CC(I)Sc1c(I)cc(Sc2cc(I)c(SC(C)I)c(I)c2I)c(I)c1I. The molecule has 0 bridgehead atoms. The van der Waals surface area contributed by atoms with Gasteiger partial charge in [-0.1, -0.05) is 56.9 Å². The topological polar surface area (TPSA) is 0 Å². The molecular formula is C16H10I8S3. The maximum Gasteiger partial charge on any atom is 0.0584 e. The van der Waals surface area contributed by atoms with E-state index in [0.29, 0.717) is 6.51 Å². The second kappa shape index (κ2) is 13.4. The van der Waals surface area contributed by atoms with Gasteiger partial charge in [-0.25, -0.2) is 0 Å². The van der Waals surface area contributed by atoms with Gasteiger partial charge in [0, 0.05) is 41.0 Å². The van der Waals surface area contributed by atoms with Crippen LogP contribution < -0.4 is 0 Å². The van der Waals surface area contributed by atoms with Crippen molar-refractivity contribution in [2.75, 3.05) is 0 Å². The van der Waals surface area contributed by atoms with Crippen molar-refractivity contribution in [3.8, 4) is 0 Å². The average Bonchev–Trinajstić information content (AvgIpc) is 2.57. The van der Waals surface area contributed by atoms with Crippen molar-refractivity contribution < 1.29 is 0 Å². The predicted octanol–water partition coefficient (Wildman–Crippen LogP) is 11.2. The van der Waals surface area contributed by atoms with Crippen LogP contribution in [0.15, 0.2) is 31.7 Å². The van der Waals surface area contributed by atoms with Gasteiger partial charge in [0.15, 0.2) is 0 Å². The van der Waals surface area contributed by atoms with Crippen LogP contribution in [0.4, 0.5) is 0 Å². The fourth-order valence-corrected chi connectivity index (χ4v) is 13.4. The summed E-state index contributed by atoms with van der Waals surface area (Å²) in [7, 11) is 0. The van der Waals surface area contributed by atoms with Crippen LogP contribution in [0.3, 0.4) is 0 Å². The lowest BCUT2D eigenvalue weighted by molar-refractivity contribution is 1.19. The van der Waals surface area contributed by atoms with E-state index in [2.05, 4.69) is 207 Å². The third-order valence-corrected chi connectivity index (χ3v) is 17.9. The second-order valence-corrected chi connectivity index (χ2v) is 20.9. The summed E-state index contributed by atoms with van der Waals surface area (Å²) in [6.07, 6.45) is 0. The summed E-state index contributed by atoms with van der Waals surface area (Å²) in [6, 6.07) is 4.70. The Labute approximate surface area is 282 Å². The van der Waals surface area contributed by atoms with Crippen LogP contribution in [0.2, 0.25) is 0 Å². The molecule has 0 saturated carbocycles. The minimum atomic E-state index is 0.563. The van der Waals surface area contributed by atoms with Gasteiger partial charge < -0.3 is 0 Å². The summed E-state index contributed by atoms with van der Waals surface area (Å²) in [5.41, 5.74) is 0. The largest absolute Gasteiger partial charge is 0.110 e. The summed E-state index contributed by atoms with van der Waals surface area (Å²) in [5.74, 6) is 0. The van der Waals surface area contributed by atoms with E-state index < -0.39 is 0 Å². The summed E-state index contributed by atoms with van der Waals surface area (Å²) in [4.78, 5) is 5.52. The average molecular weight is 1310 g/mol. The minimum Gasteiger partial charge on any atom is -0.110 e. The van der Waals surface area contributed by atoms with Crippen LogP contribution in [0, 0.1) is 21.4 Å². The molecule has 2 atom stereocenters. The van der Waals surface area contributed by atoms with Gasteiger partial charge in [0.25, 0.3) is 0 Å². The first-order valence-electron chi connectivity index (χ1n) is 7.17. The number of alkyl halides is 2. The second-order valence-electron chi connectivity index (χ2n) is 5.05. The van der Waals surface area contributed by atoms with Crippen molar-refractivity contribution in [3.05, 3.63) is 33.6 Å². The number of halogens is 8. The molecule has 0 aliphatic rings. The Hall–Kier alpha value is 5.33. The molecule has 0 radical (unpaired) electrons. The molecule has 0 spiro atoms. The Balaban J connectivity index is 2.46. The fraction of sp³-hybridized carbons (Fsp3) is 0.250. The highest BCUT2D eigenvalue weighted by atomic mass is 127. The van der Waals surface area contributed by atoms with Gasteiger partial charge in [-0.05, 0) is 162 Å². The number of thioether (sulfide) groups is 2. The van der Waals surface area contributed by atoms with Gasteiger partial charge in [0.2, 0.25) is 0 Å². The third-order valence-electron chi connectivity index (χ3n) is 2.95. The molecular weight excluding hydrogens is 1300 g/mol. The fourth-order valence-electron chi connectivity index (χ4n) is 1.92. The molecule has 2 aromatic carbocycles. The van der Waals surface area contributed by atoms with Crippen molar-refractivity contribution in [2.45, 2.75) is 39.9 Å². The third kappa shape index (κ3) is 8.20. The lowest BCUT2D eigenvalue weighted by atomic mass is 10.4. The molecule has 0 aliphatic carbocycles. The predicted molar refractivity (Wildman–Crippen MR) is 192 cm³/mol. The Morgan fingerprint density at radius 3 is 1.26 bits per heavy atom. The van der Waals surface area contributed by atoms with E-state index >= 15 is 0 Å². The van der Waals surface area contributed by atoms with Crippen molar-refractivity contribution in [3.63, 3.8) is 0 Å². The number of hydrogen-bond acceptors (Lipinski definition) is 3. The highest BCUT2D eigenvalue weighted by Crippen LogP contribution is 2.46. The first-order valence-corrected chi connectivity index (χ1v) is 18.7. The Kier molecular flexibility index (Phi) is 14.2. The maximum atomic E-state index is 2.51. The van der Waals surface area contributed by atoms with E-state index in [9.17, 15) is 0 Å². The molecule has 11 heteroatoms. The summed E-state index contributed by atoms with van der Waals surface area (Å²) in [5, 5.41) is 0. The molecule has 0 aliphatic heterocycles. The first-order chi connectivity index (χ1) is 12.5. The zero-order chi connectivity index (χ0) is 20.5. The zero-order valence-corrected chi connectivity index (χ0v) is 33.3. The van der Waals surface area contributed by atoms with Gasteiger partial charge in [0.1, 0.15) is 0 Å². The lowest BCUT2D eigenvalue weighted by Crippen LogP contribution is -1.97. The van der Waals surface area contributed by atoms with Gasteiger partial charge >= 0.3 is 0 Å².